The zero-order valence-electron chi connectivity index (χ0n) is 32.8. The van der Waals surface area contributed by atoms with Crippen LogP contribution in [0.2, 0.25) is 0 Å². The van der Waals surface area contributed by atoms with E-state index in [0.29, 0.717) is 71.9 Å². The third-order valence-corrected chi connectivity index (χ3v) is 12.8. The van der Waals surface area contributed by atoms with E-state index in [-0.39, 0.29) is 35.8 Å². The van der Waals surface area contributed by atoms with Crippen molar-refractivity contribution >= 4 is 28.7 Å². The lowest BCUT2D eigenvalue weighted by atomic mass is 9.83. The van der Waals surface area contributed by atoms with Crippen LogP contribution in [0.5, 0.6) is 0 Å². The van der Waals surface area contributed by atoms with Crippen molar-refractivity contribution in [2.45, 2.75) is 96.9 Å². The molecule has 7 heterocycles. The van der Waals surface area contributed by atoms with Crippen LogP contribution in [0.4, 0.5) is 15.0 Å². The maximum atomic E-state index is 15.3. The van der Waals surface area contributed by atoms with Crippen molar-refractivity contribution in [3.8, 4) is 5.69 Å². The minimum Gasteiger partial charge on any atom is -0.376 e. The minimum atomic E-state index is -0.804. The average Bonchev–Trinajstić information content (AvgIpc) is 3.81. The second kappa shape index (κ2) is 12.3. The van der Waals surface area contributed by atoms with Crippen LogP contribution in [0, 0.1) is 25.6 Å². The number of aromatic amines is 1. The van der Waals surface area contributed by atoms with Crippen molar-refractivity contribution in [1.29, 1.82) is 0 Å². The van der Waals surface area contributed by atoms with Crippen LogP contribution in [0.25, 0.3) is 16.6 Å². The van der Waals surface area contributed by atoms with Gasteiger partial charge in [-0.1, -0.05) is 18.1 Å². The topological polar surface area (TPSA) is 149 Å². The quantitative estimate of drug-likeness (QED) is 0.198. The predicted octanol–water partition coefficient (Wildman–Crippen LogP) is 6.66. The predicted molar refractivity (Wildman–Crippen MR) is 207 cm³/mol. The highest BCUT2D eigenvalue weighted by Gasteiger charge is 2.59. The molecule has 2 aromatic carbocycles. The van der Waals surface area contributed by atoms with Crippen molar-refractivity contribution in [3.63, 3.8) is 0 Å². The van der Waals surface area contributed by atoms with E-state index in [1.165, 1.54) is 10.1 Å². The zero-order chi connectivity index (χ0) is 39.7. The molecule has 4 aromatic heterocycles. The fraction of sp³-hybridized carbons (Fsp3) is 0.429. The molecule has 2 fully saturated rings. The van der Waals surface area contributed by atoms with E-state index in [9.17, 15) is 14.0 Å². The van der Waals surface area contributed by atoms with Gasteiger partial charge in [0.25, 0.3) is 5.91 Å². The number of imidazole rings is 1. The molecule has 294 valence electrons. The number of aryl methyl sites for hydroxylation is 2. The van der Waals surface area contributed by atoms with Gasteiger partial charge in [0.05, 0.1) is 29.6 Å². The molecule has 0 unspecified atom stereocenters. The summed E-state index contributed by atoms with van der Waals surface area (Å²) in [4.78, 5) is 52.4. The standard InChI is InChI=1S/C42H44FN9O5/c1-22-15-29(16-23(2)35(22)43)52-36(50-21-33-44-11-13-49(33)40(50)55)34-25(4)48(12-9-30(34)46-52)37(53)32-18-28-17-26(27-10-14-56-41(5,6)20-27)7-8-31(28)51(32)42(19-24(42)3)38-45-39(54)57-47-38/h7-8,11,13,15-18,24-25,27H,9-10,12,14,19-21H2,1-6H3,(H,45,47,54)/t24-,25-,27-,42-/m0/s1. The van der Waals surface area contributed by atoms with Gasteiger partial charge in [0.1, 0.15) is 28.7 Å². The normalized spacial score (nSPS) is 24.0. The number of halogens is 1. The molecule has 15 heteroatoms. The molecule has 0 spiro atoms. The molecule has 6 aromatic rings. The van der Waals surface area contributed by atoms with Gasteiger partial charge in [0.2, 0.25) is 0 Å². The summed E-state index contributed by atoms with van der Waals surface area (Å²) in [5.41, 5.74) is 4.53. The molecule has 1 aliphatic carbocycles. The Balaban J connectivity index is 1.10. The number of hydrogen-bond donors (Lipinski definition) is 1. The Morgan fingerprint density at radius 2 is 1.82 bits per heavy atom. The van der Waals surface area contributed by atoms with Crippen LogP contribution in [0.1, 0.15) is 109 Å². The maximum Gasteiger partial charge on any atom is 0.438 e. The van der Waals surface area contributed by atoms with E-state index in [1.54, 1.807) is 48.0 Å². The molecule has 1 saturated heterocycles. The van der Waals surface area contributed by atoms with E-state index in [2.05, 4.69) is 58.7 Å². The number of nitrogens with zero attached hydrogens (tertiary/aromatic N) is 8. The summed E-state index contributed by atoms with van der Waals surface area (Å²) >= 11 is 0. The molecule has 0 bridgehead atoms. The number of fused-ring (bicyclic) bond motifs is 3. The highest BCUT2D eigenvalue weighted by molar-refractivity contribution is 6.00. The number of H-pyrrole nitrogens is 1. The molecule has 2 amide bonds. The molecule has 0 radical (unpaired) electrons. The number of anilines is 1. The van der Waals surface area contributed by atoms with Gasteiger partial charge in [-0.15, -0.1) is 0 Å². The fourth-order valence-corrected chi connectivity index (χ4v) is 9.86. The maximum absolute atomic E-state index is 15.3. The van der Waals surface area contributed by atoms with Gasteiger partial charge in [-0.25, -0.2) is 23.6 Å². The van der Waals surface area contributed by atoms with Crippen molar-refractivity contribution in [1.82, 2.24) is 38.9 Å². The highest BCUT2D eigenvalue weighted by Crippen LogP contribution is 2.56. The van der Waals surface area contributed by atoms with Crippen LogP contribution in [-0.4, -0.2) is 69.6 Å². The van der Waals surface area contributed by atoms with E-state index in [0.717, 1.165) is 35.0 Å². The first-order valence-electron chi connectivity index (χ1n) is 19.7. The SMILES string of the molecule is Cc1cc(-n2nc3c(c2N2Cc4nccn4C2=O)[C@H](C)N(C(=O)c2cc4cc([C@H]5CCOC(C)(C)C5)ccc4n2[C@@]2(c4noc(=O)[nH]4)C[C@@H]2C)CC3)cc(C)c1F. The third-order valence-electron chi connectivity index (χ3n) is 12.8. The molecule has 3 aliphatic heterocycles. The van der Waals surface area contributed by atoms with Crippen LogP contribution in [0.3, 0.4) is 0 Å². The monoisotopic (exact) mass is 773 g/mol. The molecular weight excluding hydrogens is 730 g/mol. The summed E-state index contributed by atoms with van der Waals surface area (Å²) in [6.07, 6.45) is 6.10. The molecule has 4 aliphatic rings. The van der Waals surface area contributed by atoms with E-state index < -0.39 is 17.3 Å². The number of carbonyl (C=O) groups is 2. The zero-order valence-corrected chi connectivity index (χ0v) is 32.8. The second-order valence-corrected chi connectivity index (χ2v) is 17.0. The number of ether oxygens (including phenoxy) is 1. The molecule has 1 saturated carbocycles. The van der Waals surface area contributed by atoms with Crippen LogP contribution in [-0.2, 0) is 23.2 Å². The van der Waals surface area contributed by atoms with Crippen LogP contribution in [0.15, 0.2) is 58.1 Å². The highest BCUT2D eigenvalue weighted by atomic mass is 19.1. The van der Waals surface area contributed by atoms with E-state index in [1.807, 2.05) is 17.9 Å². The van der Waals surface area contributed by atoms with Crippen molar-refractivity contribution in [3.05, 3.63) is 110 Å². The first-order chi connectivity index (χ1) is 27.3. The number of nitrogens with one attached hydrogen (secondary N) is 1. The minimum absolute atomic E-state index is 0.0433. The first-order valence-corrected chi connectivity index (χ1v) is 19.7. The van der Waals surface area contributed by atoms with Gasteiger partial charge < -0.3 is 14.2 Å². The summed E-state index contributed by atoms with van der Waals surface area (Å²) in [7, 11) is 0. The molecule has 4 atom stereocenters. The summed E-state index contributed by atoms with van der Waals surface area (Å²) in [5, 5.41) is 10.1. The van der Waals surface area contributed by atoms with Crippen molar-refractivity contribution < 1.29 is 23.2 Å². The first kappa shape index (κ1) is 35.6. The lowest BCUT2D eigenvalue weighted by molar-refractivity contribution is -0.0592. The van der Waals surface area contributed by atoms with Gasteiger partial charge in [0, 0.05) is 48.4 Å². The van der Waals surface area contributed by atoms with Gasteiger partial charge >= 0.3 is 11.8 Å². The van der Waals surface area contributed by atoms with E-state index in [4.69, 9.17) is 14.4 Å². The van der Waals surface area contributed by atoms with Crippen LogP contribution < -0.4 is 10.7 Å². The third kappa shape index (κ3) is 5.30. The average molecular weight is 774 g/mol. The molecule has 1 N–H and O–H groups in total. The fourth-order valence-electron chi connectivity index (χ4n) is 9.86. The smallest absolute Gasteiger partial charge is 0.376 e. The Kier molecular flexibility index (Phi) is 7.70. The Morgan fingerprint density at radius 1 is 1.05 bits per heavy atom. The van der Waals surface area contributed by atoms with Gasteiger partial charge in [0.15, 0.2) is 5.82 Å². The Morgan fingerprint density at radius 3 is 2.51 bits per heavy atom. The largest absolute Gasteiger partial charge is 0.438 e. The van der Waals surface area contributed by atoms with Gasteiger partial charge in [-0.05, 0) is 113 Å². The van der Waals surface area contributed by atoms with Gasteiger partial charge in [-0.3, -0.25) is 23.8 Å². The summed E-state index contributed by atoms with van der Waals surface area (Å²) < 4.78 is 31.3. The van der Waals surface area contributed by atoms with Crippen molar-refractivity contribution in [2.24, 2.45) is 5.92 Å². The lowest BCUT2D eigenvalue weighted by Crippen LogP contribution is -2.41. The summed E-state index contributed by atoms with van der Waals surface area (Å²) in [6, 6.07) is 11.1. The second-order valence-electron chi connectivity index (χ2n) is 17.0. The van der Waals surface area contributed by atoms with E-state index >= 15 is 4.79 Å². The molecule has 10 rings (SSSR count). The Hall–Kier alpha value is -5.83. The number of carbonyl (C=O) groups excluding carboxylic acids is 2. The number of aromatic nitrogens is 7. The van der Waals surface area contributed by atoms with Crippen molar-refractivity contribution in [2.75, 3.05) is 18.1 Å². The van der Waals surface area contributed by atoms with Gasteiger partial charge in [-0.2, -0.15) is 5.10 Å². The lowest BCUT2D eigenvalue weighted by Gasteiger charge is -2.35. The number of hydrogen-bond acceptors (Lipinski definition) is 8. The molecular formula is C42H44FN9O5. The molecule has 14 nitrogen and oxygen atoms in total. The molecule has 57 heavy (non-hydrogen) atoms. The summed E-state index contributed by atoms with van der Waals surface area (Å²) in [6.45, 7) is 13.0. The van der Waals surface area contributed by atoms with Crippen LogP contribution >= 0.6 is 0 Å². The number of amides is 2. The Bertz CT molecular complexity index is 2690. The summed E-state index contributed by atoms with van der Waals surface area (Å²) in [5.74, 6) is 0.697. The number of benzene rings is 2. The Labute approximate surface area is 327 Å². The number of rotatable bonds is 6.